The van der Waals surface area contributed by atoms with Gasteiger partial charge >= 0.3 is 0 Å². The van der Waals surface area contributed by atoms with Crippen molar-refractivity contribution in [2.75, 3.05) is 20.8 Å². The molecule has 0 fully saturated rings. The number of nitrogens with zero attached hydrogens (tertiary/aromatic N) is 1. The average Bonchev–Trinajstić information content (AvgIpc) is 3.00. The van der Waals surface area contributed by atoms with Gasteiger partial charge < -0.3 is 18.8 Å². The molecule has 0 saturated carbocycles. The second-order valence-corrected chi connectivity index (χ2v) is 7.19. The SMILES string of the molecule is CCCN1C(=O)c2oc3ccc(C)cc3c(=O)c2[C@@H]1c1ccc(OC)c(OC)c1. The predicted octanol–water partition coefficient (Wildman–Crippen LogP) is 4.07. The highest BCUT2D eigenvalue weighted by atomic mass is 16.5. The lowest BCUT2D eigenvalue weighted by molar-refractivity contribution is 0.0728. The van der Waals surface area contributed by atoms with E-state index in [-0.39, 0.29) is 17.1 Å². The number of hydrogen-bond donors (Lipinski definition) is 0. The number of amides is 1. The van der Waals surface area contributed by atoms with E-state index in [0.717, 1.165) is 17.5 Å². The van der Waals surface area contributed by atoms with Crippen LogP contribution in [0.15, 0.2) is 45.6 Å². The van der Waals surface area contributed by atoms with Crippen molar-refractivity contribution in [3.8, 4) is 11.5 Å². The maximum absolute atomic E-state index is 13.4. The summed E-state index contributed by atoms with van der Waals surface area (Å²) in [5.41, 5.74) is 2.38. The first kappa shape index (κ1) is 19.1. The summed E-state index contributed by atoms with van der Waals surface area (Å²) in [6.07, 6.45) is 0.760. The lowest BCUT2D eigenvalue weighted by Crippen LogP contribution is -2.30. The molecule has 0 saturated heterocycles. The summed E-state index contributed by atoms with van der Waals surface area (Å²) in [4.78, 5) is 28.3. The standard InChI is InChI=1S/C23H23NO5/c1-5-10-24-20(14-7-9-17(27-3)18(12-14)28-4)19-21(25)15-11-13(2)6-8-16(15)29-22(19)23(24)26/h6-9,11-12,20H,5,10H2,1-4H3/t20-/m0/s1. The van der Waals surface area contributed by atoms with Gasteiger partial charge in [0.05, 0.1) is 31.2 Å². The van der Waals surface area contributed by atoms with E-state index in [0.29, 0.717) is 34.6 Å². The van der Waals surface area contributed by atoms with Crippen molar-refractivity contribution in [2.45, 2.75) is 26.3 Å². The quantitative estimate of drug-likeness (QED) is 0.653. The lowest BCUT2D eigenvalue weighted by atomic mass is 9.97. The van der Waals surface area contributed by atoms with E-state index in [1.165, 1.54) is 0 Å². The normalized spacial score (nSPS) is 15.7. The largest absolute Gasteiger partial charge is 0.493 e. The molecule has 1 aromatic heterocycles. The number of aryl methyl sites for hydroxylation is 1. The molecule has 0 spiro atoms. The minimum atomic E-state index is -0.529. The second-order valence-electron chi connectivity index (χ2n) is 7.19. The van der Waals surface area contributed by atoms with E-state index in [9.17, 15) is 9.59 Å². The van der Waals surface area contributed by atoms with Crippen molar-refractivity contribution in [2.24, 2.45) is 0 Å². The van der Waals surface area contributed by atoms with Gasteiger partial charge in [0.25, 0.3) is 5.91 Å². The maximum Gasteiger partial charge on any atom is 0.290 e. The monoisotopic (exact) mass is 393 g/mol. The Labute approximate surface area is 168 Å². The third-order valence-electron chi connectivity index (χ3n) is 5.31. The first-order chi connectivity index (χ1) is 14.0. The molecule has 3 aromatic rings. The molecule has 0 bridgehead atoms. The Morgan fingerprint density at radius 3 is 2.48 bits per heavy atom. The van der Waals surface area contributed by atoms with Crippen LogP contribution in [0, 0.1) is 6.92 Å². The smallest absolute Gasteiger partial charge is 0.290 e. The summed E-state index contributed by atoms with van der Waals surface area (Å²) in [6, 6.07) is 10.3. The molecule has 6 nitrogen and oxygen atoms in total. The van der Waals surface area contributed by atoms with Crippen LogP contribution in [0.4, 0.5) is 0 Å². The number of rotatable bonds is 5. The van der Waals surface area contributed by atoms with E-state index in [2.05, 4.69) is 0 Å². The zero-order chi connectivity index (χ0) is 20.7. The number of methoxy groups -OCH3 is 2. The van der Waals surface area contributed by atoms with Crippen LogP contribution >= 0.6 is 0 Å². The number of hydrogen-bond acceptors (Lipinski definition) is 5. The second kappa shape index (κ2) is 7.28. The fraction of sp³-hybridized carbons (Fsp3) is 0.304. The molecule has 0 radical (unpaired) electrons. The lowest BCUT2D eigenvalue weighted by Gasteiger charge is -2.25. The molecule has 1 aliphatic rings. The Hall–Kier alpha value is -3.28. The summed E-state index contributed by atoms with van der Waals surface area (Å²) in [5.74, 6) is 0.994. The molecule has 0 unspecified atom stereocenters. The molecule has 29 heavy (non-hydrogen) atoms. The third kappa shape index (κ3) is 2.95. The van der Waals surface area contributed by atoms with Crippen LogP contribution in [0.3, 0.4) is 0 Å². The molecule has 4 rings (SSSR count). The molecule has 6 heteroatoms. The minimum absolute atomic E-state index is 0.125. The highest BCUT2D eigenvalue weighted by molar-refractivity contribution is 5.99. The van der Waals surface area contributed by atoms with Crippen LogP contribution in [0.5, 0.6) is 11.5 Å². The van der Waals surface area contributed by atoms with Crippen LogP contribution in [0.2, 0.25) is 0 Å². The van der Waals surface area contributed by atoms with Gasteiger partial charge in [0.1, 0.15) is 5.58 Å². The summed E-state index contributed by atoms with van der Waals surface area (Å²) >= 11 is 0. The zero-order valence-electron chi connectivity index (χ0n) is 16.9. The van der Waals surface area contributed by atoms with Crippen molar-refractivity contribution in [1.29, 1.82) is 0 Å². The first-order valence-corrected chi connectivity index (χ1v) is 9.60. The molecule has 2 heterocycles. The van der Waals surface area contributed by atoms with Crippen LogP contribution in [-0.4, -0.2) is 31.6 Å². The van der Waals surface area contributed by atoms with E-state index in [1.807, 2.05) is 32.0 Å². The van der Waals surface area contributed by atoms with E-state index >= 15 is 0 Å². The van der Waals surface area contributed by atoms with Crippen LogP contribution in [-0.2, 0) is 0 Å². The zero-order valence-corrected chi connectivity index (χ0v) is 16.9. The molecule has 2 aromatic carbocycles. The van der Waals surface area contributed by atoms with Gasteiger partial charge in [-0.15, -0.1) is 0 Å². The van der Waals surface area contributed by atoms with Gasteiger partial charge in [-0.25, -0.2) is 0 Å². The molecule has 1 aliphatic heterocycles. The maximum atomic E-state index is 13.4. The Kier molecular flexibility index (Phi) is 4.78. The topological polar surface area (TPSA) is 69.0 Å². The number of carbonyl (C=O) groups is 1. The highest BCUT2D eigenvalue weighted by Crippen LogP contribution is 2.40. The number of benzene rings is 2. The molecule has 0 N–H and O–H groups in total. The van der Waals surface area contributed by atoms with Gasteiger partial charge in [0.2, 0.25) is 5.76 Å². The summed E-state index contributed by atoms with van der Waals surface area (Å²) < 4.78 is 16.7. The van der Waals surface area contributed by atoms with Crippen molar-refractivity contribution in [3.05, 3.63) is 69.1 Å². The Balaban J connectivity index is 1.99. The Bertz CT molecular complexity index is 1160. The number of fused-ring (bicyclic) bond motifs is 2. The summed E-state index contributed by atoms with van der Waals surface area (Å²) in [7, 11) is 3.13. The van der Waals surface area contributed by atoms with Crippen LogP contribution in [0.1, 0.15) is 46.6 Å². The summed E-state index contributed by atoms with van der Waals surface area (Å²) in [6.45, 7) is 4.43. The highest BCUT2D eigenvalue weighted by Gasteiger charge is 2.42. The van der Waals surface area contributed by atoms with E-state index in [4.69, 9.17) is 13.9 Å². The molecular formula is C23H23NO5. The van der Waals surface area contributed by atoms with Crippen molar-refractivity contribution < 1.29 is 18.7 Å². The fourth-order valence-electron chi connectivity index (χ4n) is 3.98. The van der Waals surface area contributed by atoms with Gasteiger partial charge in [-0.05, 0) is 43.2 Å². The van der Waals surface area contributed by atoms with Gasteiger partial charge in [0, 0.05) is 6.54 Å². The number of carbonyl (C=O) groups excluding carboxylic acids is 1. The molecule has 1 amide bonds. The fourth-order valence-corrected chi connectivity index (χ4v) is 3.98. The predicted molar refractivity (Wildman–Crippen MR) is 110 cm³/mol. The van der Waals surface area contributed by atoms with E-state index < -0.39 is 6.04 Å². The van der Waals surface area contributed by atoms with Gasteiger partial charge in [-0.1, -0.05) is 24.6 Å². The first-order valence-electron chi connectivity index (χ1n) is 9.60. The van der Waals surface area contributed by atoms with Crippen LogP contribution in [0.25, 0.3) is 11.0 Å². The molecule has 150 valence electrons. The Morgan fingerprint density at radius 2 is 1.79 bits per heavy atom. The van der Waals surface area contributed by atoms with Crippen molar-refractivity contribution in [3.63, 3.8) is 0 Å². The van der Waals surface area contributed by atoms with Gasteiger partial charge in [-0.2, -0.15) is 0 Å². The Morgan fingerprint density at radius 1 is 1.03 bits per heavy atom. The minimum Gasteiger partial charge on any atom is -0.493 e. The third-order valence-corrected chi connectivity index (χ3v) is 5.31. The van der Waals surface area contributed by atoms with Crippen molar-refractivity contribution >= 4 is 16.9 Å². The molecule has 0 aliphatic carbocycles. The van der Waals surface area contributed by atoms with Gasteiger partial charge in [0.15, 0.2) is 16.9 Å². The molecule has 1 atom stereocenters. The van der Waals surface area contributed by atoms with Crippen LogP contribution < -0.4 is 14.9 Å². The molecular weight excluding hydrogens is 370 g/mol. The average molecular weight is 393 g/mol. The summed E-state index contributed by atoms with van der Waals surface area (Å²) in [5, 5.41) is 0.486. The van der Waals surface area contributed by atoms with E-state index in [1.54, 1.807) is 37.3 Å². The number of ether oxygens (including phenoxy) is 2. The van der Waals surface area contributed by atoms with Crippen molar-refractivity contribution in [1.82, 2.24) is 4.90 Å². The van der Waals surface area contributed by atoms with Gasteiger partial charge in [-0.3, -0.25) is 9.59 Å².